The third kappa shape index (κ3) is 3.94. The zero-order chi connectivity index (χ0) is 15.5. The van der Waals surface area contributed by atoms with Crippen LogP contribution in [0.25, 0.3) is 0 Å². The monoisotopic (exact) mass is 283 g/mol. The molecule has 0 aliphatic heterocycles. The fourth-order valence-corrected chi connectivity index (χ4v) is 1.55. The lowest BCUT2D eigenvalue weighted by Gasteiger charge is -2.28. The van der Waals surface area contributed by atoms with E-state index in [-0.39, 0.29) is 5.56 Å². The van der Waals surface area contributed by atoms with Crippen molar-refractivity contribution in [2.24, 2.45) is 0 Å². The number of halogens is 1. The SMILES string of the molecule is CN(C(=O)OC(C)(C)C)C(C=O)c1ccc(O)c(F)c1. The smallest absolute Gasteiger partial charge is 0.410 e. The number of hydrogen-bond donors (Lipinski definition) is 1. The van der Waals surface area contributed by atoms with E-state index in [1.807, 2.05) is 0 Å². The highest BCUT2D eigenvalue weighted by Crippen LogP contribution is 2.24. The van der Waals surface area contributed by atoms with Gasteiger partial charge in [0.2, 0.25) is 0 Å². The fraction of sp³-hybridized carbons (Fsp3) is 0.429. The van der Waals surface area contributed by atoms with Crippen molar-refractivity contribution in [1.82, 2.24) is 4.90 Å². The Balaban J connectivity index is 2.97. The molecule has 0 spiro atoms. The molecule has 6 heteroatoms. The molecule has 1 unspecified atom stereocenters. The topological polar surface area (TPSA) is 66.8 Å². The van der Waals surface area contributed by atoms with E-state index in [1.165, 1.54) is 13.1 Å². The van der Waals surface area contributed by atoms with Crippen molar-refractivity contribution in [2.45, 2.75) is 32.4 Å². The van der Waals surface area contributed by atoms with Crippen LogP contribution in [-0.4, -0.2) is 35.0 Å². The molecular weight excluding hydrogens is 265 g/mol. The number of likely N-dealkylation sites (N-methyl/N-ethyl adjacent to an activating group) is 1. The number of phenols is 1. The maximum absolute atomic E-state index is 13.3. The molecule has 0 aliphatic rings. The van der Waals surface area contributed by atoms with Gasteiger partial charge in [-0.15, -0.1) is 0 Å². The summed E-state index contributed by atoms with van der Waals surface area (Å²) in [6.07, 6.45) is -0.182. The van der Waals surface area contributed by atoms with Gasteiger partial charge in [-0.3, -0.25) is 4.90 Å². The van der Waals surface area contributed by atoms with Crippen molar-refractivity contribution in [1.29, 1.82) is 0 Å². The molecule has 0 saturated carbocycles. The van der Waals surface area contributed by atoms with E-state index in [0.29, 0.717) is 6.29 Å². The van der Waals surface area contributed by atoms with Gasteiger partial charge in [-0.25, -0.2) is 9.18 Å². The minimum atomic E-state index is -0.986. The average molecular weight is 283 g/mol. The van der Waals surface area contributed by atoms with Crippen LogP contribution in [0, 0.1) is 5.82 Å². The minimum absolute atomic E-state index is 0.253. The van der Waals surface area contributed by atoms with E-state index >= 15 is 0 Å². The van der Waals surface area contributed by atoms with Crippen molar-refractivity contribution in [3.05, 3.63) is 29.6 Å². The van der Waals surface area contributed by atoms with E-state index in [4.69, 9.17) is 9.84 Å². The van der Waals surface area contributed by atoms with E-state index in [0.717, 1.165) is 17.0 Å². The van der Waals surface area contributed by atoms with Crippen LogP contribution >= 0.6 is 0 Å². The van der Waals surface area contributed by atoms with Crippen LogP contribution < -0.4 is 0 Å². The number of amides is 1. The molecule has 1 N–H and O–H groups in total. The predicted octanol–water partition coefficient (Wildman–Crippen LogP) is 2.64. The number of benzene rings is 1. The van der Waals surface area contributed by atoms with E-state index < -0.39 is 29.3 Å². The van der Waals surface area contributed by atoms with Crippen molar-refractivity contribution in [3.8, 4) is 5.75 Å². The zero-order valence-electron chi connectivity index (χ0n) is 11.9. The summed E-state index contributed by atoms with van der Waals surface area (Å²) in [6.45, 7) is 5.11. The Bertz CT molecular complexity index is 510. The molecule has 0 bridgehead atoms. The molecule has 1 atom stereocenters. The van der Waals surface area contributed by atoms with Crippen molar-refractivity contribution < 1.29 is 23.8 Å². The lowest BCUT2D eigenvalue weighted by Crippen LogP contribution is -2.37. The second-order valence-electron chi connectivity index (χ2n) is 5.38. The van der Waals surface area contributed by atoms with Gasteiger partial charge in [0.25, 0.3) is 0 Å². The fourth-order valence-electron chi connectivity index (χ4n) is 1.55. The molecule has 1 rings (SSSR count). The zero-order valence-corrected chi connectivity index (χ0v) is 11.9. The molecule has 0 heterocycles. The van der Waals surface area contributed by atoms with E-state index in [1.54, 1.807) is 20.8 Å². The van der Waals surface area contributed by atoms with Gasteiger partial charge >= 0.3 is 6.09 Å². The molecule has 0 aromatic heterocycles. The third-order valence-corrected chi connectivity index (χ3v) is 2.54. The number of aromatic hydroxyl groups is 1. The number of carbonyl (C=O) groups is 2. The van der Waals surface area contributed by atoms with Gasteiger partial charge in [0.05, 0.1) is 0 Å². The summed E-state index contributed by atoms with van der Waals surface area (Å²) in [5.41, 5.74) is -0.442. The van der Waals surface area contributed by atoms with Crippen molar-refractivity contribution in [2.75, 3.05) is 7.05 Å². The van der Waals surface area contributed by atoms with E-state index in [2.05, 4.69) is 0 Å². The number of phenolic OH excluding ortho intramolecular Hbond substituents is 1. The first-order valence-electron chi connectivity index (χ1n) is 6.05. The normalized spacial score (nSPS) is 12.7. The Morgan fingerprint density at radius 2 is 2.05 bits per heavy atom. The van der Waals surface area contributed by atoms with Gasteiger partial charge in [0, 0.05) is 7.05 Å². The number of carbonyl (C=O) groups excluding carboxylic acids is 2. The number of hydrogen-bond acceptors (Lipinski definition) is 4. The Labute approximate surface area is 117 Å². The first-order valence-corrected chi connectivity index (χ1v) is 6.05. The summed E-state index contributed by atoms with van der Waals surface area (Å²) >= 11 is 0. The lowest BCUT2D eigenvalue weighted by atomic mass is 10.1. The highest BCUT2D eigenvalue weighted by atomic mass is 19.1. The van der Waals surface area contributed by atoms with Crippen LogP contribution in [0.3, 0.4) is 0 Å². The highest BCUT2D eigenvalue weighted by molar-refractivity contribution is 5.74. The Kier molecular flexibility index (Phi) is 4.70. The van der Waals surface area contributed by atoms with Crippen molar-refractivity contribution >= 4 is 12.4 Å². The van der Waals surface area contributed by atoms with Gasteiger partial charge < -0.3 is 14.6 Å². The summed E-state index contributed by atoms with van der Waals surface area (Å²) in [5, 5.41) is 9.13. The molecule has 20 heavy (non-hydrogen) atoms. The van der Waals surface area contributed by atoms with Crippen LogP contribution in [-0.2, 0) is 9.53 Å². The maximum atomic E-state index is 13.3. The van der Waals surface area contributed by atoms with Gasteiger partial charge in [0.1, 0.15) is 17.9 Å². The highest BCUT2D eigenvalue weighted by Gasteiger charge is 2.26. The molecular formula is C14H18FNO4. The molecule has 1 amide bonds. The number of ether oxygens (including phenoxy) is 1. The molecule has 1 aromatic rings. The van der Waals surface area contributed by atoms with Crippen LogP contribution in [0.4, 0.5) is 9.18 Å². The molecule has 0 fully saturated rings. The molecule has 0 radical (unpaired) electrons. The van der Waals surface area contributed by atoms with Gasteiger partial charge in [-0.05, 0) is 38.5 Å². The number of aldehydes is 1. The van der Waals surface area contributed by atoms with E-state index in [9.17, 15) is 14.0 Å². The lowest BCUT2D eigenvalue weighted by molar-refractivity contribution is -0.112. The largest absolute Gasteiger partial charge is 0.505 e. The summed E-state index contributed by atoms with van der Waals surface area (Å²) in [7, 11) is 1.39. The number of rotatable bonds is 3. The first kappa shape index (κ1) is 15.9. The third-order valence-electron chi connectivity index (χ3n) is 2.54. The van der Waals surface area contributed by atoms with Crippen LogP contribution in [0.1, 0.15) is 32.4 Å². The van der Waals surface area contributed by atoms with Gasteiger partial charge in [-0.1, -0.05) is 6.07 Å². The minimum Gasteiger partial charge on any atom is -0.505 e. The van der Waals surface area contributed by atoms with Gasteiger partial charge in [0.15, 0.2) is 11.6 Å². The summed E-state index contributed by atoms with van der Waals surface area (Å²) in [6, 6.07) is 2.53. The molecule has 110 valence electrons. The molecule has 0 aliphatic carbocycles. The average Bonchev–Trinajstić information content (AvgIpc) is 2.32. The second kappa shape index (κ2) is 5.90. The second-order valence-corrected chi connectivity index (χ2v) is 5.38. The quantitative estimate of drug-likeness (QED) is 0.866. The molecule has 1 aromatic carbocycles. The van der Waals surface area contributed by atoms with Crippen LogP contribution in [0.2, 0.25) is 0 Å². The van der Waals surface area contributed by atoms with Crippen molar-refractivity contribution in [3.63, 3.8) is 0 Å². The number of nitrogens with zero attached hydrogens (tertiary/aromatic N) is 1. The Morgan fingerprint density at radius 1 is 1.45 bits per heavy atom. The summed E-state index contributed by atoms with van der Waals surface area (Å²) in [4.78, 5) is 24.1. The summed E-state index contributed by atoms with van der Waals surface area (Å²) < 4.78 is 18.5. The molecule has 0 saturated heterocycles. The molecule has 5 nitrogen and oxygen atoms in total. The predicted molar refractivity (Wildman–Crippen MR) is 70.9 cm³/mol. The Morgan fingerprint density at radius 3 is 2.50 bits per heavy atom. The Hall–Kier alpha value is -2.11. The standard InChI is InChI=1S/C14H18FNO4/c1-14(2,3)20-13(19)16(4)11(8-17)9-5-6-12(18)10(15)7-9/h5-8,11,18H,1-4H3. The van der Waals surface area contributed by atoms with Crippen LogP contribution in [0.15, 0.2) is 18.2 Å². The maximum Gasteiger partial charge on any atom is 0.410 e. The first-order chi connectivity index (χ1) is 9.15. The van der Waals surface area contributed by atoms with Gasteiger partial charge in [-0.2, -0.15) is 0 Å². The van der Waals surface area contributed by atoms with Crippen LogP contribution in [0.5, 0.6) is 5.75 Å². The summed E-state index contributed by atoms with van der Waals surface area (Å²) in [5.74, 6) is -1.37.